The Balaban J connectivity index is 1.51. The topological polar surface area (TPSA) is 51.2 Å². The van der Waals surface area contributed by atoms with E-state index in [1.54, 1.807) is 19.2 Å². The summed E-state index contributed by atoms with van der Waals surface area (Å²) < 4.78 is 5.19. The Labute approximate surface area is 152 Å². The number of carbonyl (C=O) groups excluding carboxylic acids is 1. The molecule has 1 aliphatic rings. The van der Waals surface area contributed by atoms with Crippen molar-refractivity contribution in [2.75, 3.05) is 12.4 Å². The maximum Gasteiger partial charge on any atom is 0.193 e. The summed E-state index contributed by atoms with van der Waals surface area (Å²) in [6, 6.07) is 16.7. The van der Waals surface area contributed by atoms with E-state index in [-0.39, 0.29) is 5.78 Å². The van der Waals surface area contributed by atoms with Gasteiger partial charge in [-0.3, -0.25) is 9.78 Å². The Hall–Kier alpha value is -3.40. The lowest BCUT2D eigenvalue weighted by Crippen LogP contribution is -2.02. The van der Waals surface area contributed by atoms with Gasteiger partial charge in [0.05, 0.1) is 24.7 Å². The van der Waals surface area contributed by atoms with Crippen molar-refractivity contribution >= 4 is 23.2 Å². The number of fused-ring (bicyclic) bond motifs is 1. The maximum absolute atomic E-state index is 12.6. The highest BCUT2D eigenvalue weighted by Gasteiger charge is 2.11. The molecule has 0 saturated carbocycles. The van der Waals surface area contributed by atoms with Gasteiger partial charge in [0, 0.05) is 23.2 Å². The van der Waals surface area contributed by atoms with E-state index in [9.17, 15) is 4.79 Å². The molecule has 1 N–H and O–H groups in total. The van der Waals surface area contributed by atoms with Crippen LogP contribution in [0, 0.1) is 0 Å². The van der Waals surface area contributed by atoms with Crippen molar-refractivity contribution in [3.05, 3.63) is 89.3 Å². The molecule has 4 nitrogen and oxygen atoms in total. The third-order valence-corrected chi connectivity index (χ3v) is 4.38. The van der Waals surface area contributed by atoms with Crippen molar-refractivity contribution in [1.82, 2.24) is 4.98 Å². The zero-order valence-electron chi connectivity index (χ0n) is 14.4. The molecule has 1 heterocycles. The summed E-state index contributed by atoms with van der Waals surface area (Å²) in [6.45, 7) is 0. The van der Waals surface area contributed by atoms with Crippen LogP contribution in [0.1, 0.15) is 27.2 Å². The highest BCUT2D eigenvalue weighted by atomic mass is 16.5. The van der Waals surface area contributed by atoms with E-state index < -0.39 is 0 Å². The molecule has 128 valence electrons. The molecule has 3 aromatic rings. The SMILES string of the molecule is COc1cccc(C(=O)c2ccc(Nc3cnc4c(c3)C=CC4)cc2)c1. The van der Waals surface area contributed by atoms with Crippen molar-refractivity contribution in [3.63, 3.8) is 0 Å². The molecule has 0 amide bonds. The Morgan fingerprint density at radius 2 is 1.88 bits per heavy atom. The summed E-state index contributed by atoms with van der Waals surface area (Å²) in [7, 11) is 1.59. The number of pyridine rings is 1. The van der Waals surface area contributed by atoms with Crippen LogP contribution in [-0.2, 0) is 6.42 Å². The van der Waals surface area contributed by atoms with Crippen LogP contribution in [0.5, 0.6) is 5.75 Å². The Morgan fingerprint density at radius 3 is 2.69 bits per heavy atom. The van der Waals surface area contributed by atoms with Crippen LogP contribution in [-0.4, -0.2) is 17.9 Å². The van der Waals surface area contributed by atoms with E-state index in [2.05, 4.69) is 28.5 Å². The van der Waals surface area contributed by atoms with E-state index in [4.69, 9.17) is 4.74 Å². The lowest BCUT2D eigenvalue weighted by atomic mass is 10.0. The smallest absolute Gasteiger partial charge is 0.193 e. The summed E-state index contributed by atoms with van der Waals surface area (Å²) in [4.78, 5) is 17.1. The van der Waals surface area contributed by atoms with Crippen molar-refractivity contribution < 1.29 is 9.53 Å². The summed E-state index contributed by atoms with van der Waals surface area (Å²) in [5, 5.41) is 3.33. The number of ketones is 1. The van der Waals surface area contributed by atoms with Gasteiger partial charge in [-0.25, -0.2) is 0 Å². The third kappa shape index (κ3) is 3.22. The summed E-state index contributed by atoms with van der Waals surface area (Å²) in [6.07, 6.45) is 6.93. The lowest BCUT2D eigenvalue weighted by molar-refractivity contribution is 0.103. The molecule has 0 bridgehead atoms. The minimum Gasteiger partial charge on any atom is -0.497 e. The highest BCUT2D eigenvalue weighted by molar-refractivity contribution is 6.09. The van der Waals surface area contributed by atoms with Crippen molar-refractivity contribution in [2.45, 2.75) is 6.42 Å². The minimum atomic E-state index is -0.0280. The fraction of sp³-hybridized carbons (Fsp3) is 0.0909. The number of allylic oxidation sites excluding steroid dienone is 1. The molecule has 2 aromatic carbocycles. The number of methoxy groups -OCH3 is 1. The molecule has 1 aliphatic carbocycles. The van der Waals surface area contributed by atoms with Crippen LogP contribution in [0.15, 0.2) is 66.9 Å². The molecular weight excluding hydrogens is 324 g/mol. The van der Waals surface area contributed by atoms with E-state index in [1.807, 2.05) is 42.6 Å². The van der Waals surface area contributed by atoms with Gasteiger partial charge in [-0.05, 0) is 48.0 Å². The second-order valence-electron chi connectivity index (χ2n) is 6.13. The molecule has 26 heavy (non-hydrogen) atoms. The highest BCUT2D eigenvalue weighted by Crippen LogP contribution is 2.24. The number of nitrogens with zero attached hydrogens (tertiary/aromatic N) is 1. The zero-order valence-corrected chi connectivity index (χ0v) is 14.4. The number of aromatic nitrogens is 1. The molecule has 0 radical (unpaired) electrons. The Morgan fingerprint density at radius 1 is 1.04 bits per heavy atom. The second-order valence-corrected chi connectivity index (χ2v) is 6.13. The predicted molar refractivity (Wildman–Crippen MR) is 103 cm³/mol. The van der Waals surface area contributed by atoms with Crippen molar-refractivity contribution in [3.8, 4) is 5.75 Å². The third-order valence-electron chi connectivity index (χ3n) is 4.38. The van der Waals surface area contributed by atoms with E-state index in [1.165, 1.54) is 0 Å². The maximum atomic E-state index is 12.6. The van der Waals surface area contributed by atoms with Crippen LogP contribution < -0.4 is 10.1 Å². The van der Waals surface area contributed by atoms with Gasteiger partial charge in [0.1, 0.15) is 5.75 Å². The van der Waals surface area contributed by atoms with Gasteiger partial charge in [-0.15, -0.1) is 0 Å². The standard InChI is InChI=1S/C22H18N2O2/c1-26-20-6-2-5-17(13-20)22(25)15-8-10-18(11-9-15)24-19-12-16-4-3-7-21(16)23-14-19/h2-6,8-14,24H,7H2,1H3. The van der Waals surface area contributed by atoms with Gasteiger partial charge in [0.15, 0.2) is 5.78 Å². The fourth-order valence-corrected chi connectivity index (χ4v) is 2.99. The number of hydrogen-bond acceptors (Lipinski definition) is 4. The van der Waals surface area contributed by atoms with Gasteiger partial charge in [-0.2, -0.15) is 0 Å². The number of hydrogen-bond donors (Lipinski definition) is 1. The van der Waals surface area contributed by atoms with Gasteiger partial charge in [-0.1, -0.05) is 24.3 Å². The molecule has 0 fully saturated rings. The van der Waals surface area contributed by atoms with E-state index >= 15 is 0 Å². The molecule has 1 aromatic heterocycles. The monoisotopic (exact) mass is 342 g/mol. The number of benzene rings is 2. The predicted octanol–water partition coefficient (Wildman–Crippen LogP) is 4.63. The first-order valence-electron chi connectivity index (χ1n) is 8.44. The van der Waals surface area contributed by atoms with E-state index in [0.29, 0.717) is 16.9 Å². The number of rotatable bonds is 5. The largest absolute Gasteiger partial charge is 0.497 e. The number of anilines is 2. The van der Waals surface area contributed by atoms with Gasteiger partial charge >= 0.3 is 0 Å². The van der Waals surface area contributed by atoms with Crippen molar-refractivity contribution in [1.29, 1.82) is 0 Å². The summed E-state index contributed by atoms with van der Waals surface area (Å²) in [5.41, 5.74) is 5.35. The molecule has 4 heteroatoms. The fourth-order valence-electron chi connectivity index (χ4n) is 2.99. The van der Waals surface area contributed by atoms with Gasteiger partial charge in [0.2, 0.25) is 0 Å². The summed E-state index contributed by atoms with van der Waals surface area (Å²) >= 11 is 0. The minimum absolute atomic E-state index is 0.0280. The first-order chi connectivity index (χ1) is 12.7. The van der Waals surface area contributed by atoms with Crippen LogP contribution in [0.2, 0.25) is 0 Å². The zero-order chi connectivity index (χ0) is 17.9. The average Bonchev–Trinajstić information content (AvgIpc) is 3.16. The van der Waals surface area contributed by atoms with Crippen LogP contribution in [0.4, 0.5) is 11.4 Å². The van der Waals surface area contributed by atoms with Crippen LogP contribution in [0.3, 0.4) is 0 Å². The van der Waals surface area contributed by atoms with Gasteiger partial charge < -0.3 is 10.1 Å². The number of carbonyl (C=O) groups is 1. The number of ether oxygens (including phenoxy) is 1. The molecule has 0 saturated heterocycles. The van der Waals surface area contributed by atoms with Crippen LogP contribution >= 0.6 is 0 Å². The Kier molecular flexibility index (Phi) is 4.23. The van der Waals surface area contributed by atoms with Crippen molar-refractivity contribution in [2.24, 2.45) is 0 Å². The average molecular weight is 342 g/mol. The molecule has 0 unspecified atom stereocenters. The molecule has 0 spiro atoms. The lowest BCUT2D eigenvalue weighted by Gasteiger charge is -2.09. The summed E-state index contributed by atoms with van der Waals surface area (Å²) in [5.74, 6) is 0.645. The molecule has 0 atom stereocenters. The first kappa shape index (κ1) is 16.1. The molecular formula is C22H18N2O2. The molecule has 4 rings (SSSR count). The Bertz CT molecular complexity index is 991. The van der Waals surface area contributed by atoms with Crippen LogP contribution in [0.25, 0.3) is 6.08 Å². The normalized spacial score (nSPS) is 11.9. The first-order valence-corrected chi connectivity index (χ1v) is 8.44. The quantitative estimate of drug-likeness (QED) is 0.687. The van der Waals surface area contributed by atoms with Gasteiger partial charge in [0.25, 0.3) is 0 Å². The molecule has 0 aliphatic heterocycles. The second kappa shape index (κ2) is 6.84. The van der Waals surface area contributed by atoms with E-state index in [0.717, 1.165) is 29.1 Å². The number of nitrogens with one attached hydrogen (secondary N) is 1.